The summed E-state index contributed by atoms with van der Waals surface area (Å²) in [6, 6.07) is 16.8. The fourth-order valence-corrected chi connectivity index (χ4v) is 4.43. The van der Waals surface area contributed by atoms with Crippen LogP contribution in [0.1, 0.15) is 12.8 Å². The molecule has 0 fully saturated rings. The van der Waals surface area contributed by atoms with E-state index in [0.29, 0.717) is 11.1 Å². The molecule has 0 radical (unpaired) electrons. The highest BCUT2D eigenvalue weighted by Gasteiger charge is 2.30. The highest BCUT2D eigenvalue weighted by molar-refractivity contribution is 7.67. The van der Waals surface area contributed by atoms with E-state index < -0.39 is 25.3 Å². The number of carbonyl (C=O) groups excluding carboxylic acids is 2. The van der Waals surface area contributed by atoms with Gasteiger partial charge in [-0.2, -0.15) is 0 Å². The van der Waals surface area contributed by atoms with Gasteiger partial charge in [0.15, 0.2) is 0 Å². The molecule has 0 saturated carbocycles. The molecule has 2 rings (SSSR count). The van der Waals surface area contributed by atoms with E-state index >= 15 is 0 Å². The van der Waals surface area contributed by atoms with Crippen LogP contribution < -0.4 is 15.1 Å². The molecule has 0 spiro atoms. The van der Waals surface area contributed by atoms with Crippen molar-refractivity contribution in [3.8, 4) is 5.75 Å². The van der Waals surface area contributed by atoms with Crippen molar-refractivity contribution in [3.05, 3.63) is 60.7 Å². The van der Waals surface area contributed by atoms with Crippen LogP contribution >= 0.6 is 7.37 Å². The van der Waals surface area contributed by atoms with Gasteiger partial charge in [0.05, 0.1) is 20.5 Å². The fourth-order valence-electron chi connectivity index (χ4n) is 2.52. The van der Waals surface area contributed by atoms with E-state index in [2.05, 4.69) is 10.1 Å². The molecule has 8 heteroatoms. The van der Waals surface area contributed by atoms with Crippen molar-refractivity contribution in [2.75, 3.05) is 20.5 Å². The van der Waals surface area contributed by atoms with Crippen molar-refractivity contribution in [2.24, 2.45) is 0 Å². The molecule has 0 aliphatic heterocycles. The molecule has 0 heterocycles. The normalized spacial score (nSPS) is 13.8. The smallest absolute Gasteiger partial charge is 0.322 e. The summed E-state index contributed by atoms with van der Waals surface area (Å²) in [6.07, 6.45) is 0.0742. The Kier molecular flexibility index (Phi) is 8.23. The van der Waals surface area contributed by atoms with E-state index in [1.54, 1.807) is 48.5 Å². The molecule has 2 aromatic rings. The molecule has 7 nitrogen and oxygen atoms in total. The first kappa shape index (κ1) is 21.7. The van der Waals surface area contributed by atoms with Crippen molar-refractivity contribution in [1.29, 1.82) is 0 Å². The molecule has 0 aromatic heterocycles. The predicted octanol–water partition coefficient (Wildman–Crippen LogP) is 2.71. The minimum absolute atomic E-state index is 0.0262. The summed E-state index contributed by atoms with van der Waals surface area (Å²) < 4.78 is 28.9. The first-order valence-corrected chi connectivity index (χ1v) is 10.6. The Balaban J connectivity index is 2.19. The van der Waals surface area contributed by atoms with Crippen LogP contribution in [0.4, 0.5) is 0 Å². The van der Waals surface area contributed by atoms with Gasteiger partial charge in [0, 0.05) is 11.7 Å². The highest BCUT2D eigenvalue weighted by Crippen LogP contribution is 2.45. The lowest BCUT2D eigenvalue weighted by Gasteiger charge is -2.23. The molecule has 28 heavy (non-hydrogen) atoms. The van der Waals surface area contributed by atoms with Gasteiger partial charge in [-0.05, 0) is 30.7 Å². The number of nitrogens with one attached hydrogen (secondary N) is 1. The molecule has 0 aliphatic carbocycles. The quantitative estimate of drug-likeness (QED) is 0.480. The maximum absolute atomic E-state index is 13.7. The van der Waals surface area contributed by atoms with Gasteiger partial charge >= 0.3 is 11.9 Å². The van der Waals surface area contributed by atoms with Gasteiger partial charge in [0.2, 0.25) is 0 Å². The van der Waals surface area contributed by atoms with Crippen molar-refractivity contribution in [2.45, 2.75) is 18.9 Å². The Morgan fingerprint density at radius 3 is 2.14 bits per heavy atom. The van der Waals surface area contributed by atoms with E-state index in [1.807, 2.05) is 12.1 Å². The molecular weight excluding hydrogens is 381 g/mol. The molecule has 2 atom stereocenters. The zero-order chi connectivity index (χ0) is 20.4. The Labute approximate surface area is 164 Å². The zero-order valence-electron chi connectivity index (χ0n) is 15.9. The van der Waals surface area contributed by atoms with Crippen LogP contribution in [0.3, 0.4) is 0 Å². The Morgan fingerprint density at radius 1 is 0.964 bits per heavy atom. The maximum atomic E-state index is 13.7. The first-order valence-electron chi connectivity index (χ1n) is 8.76. The summed E-state index contributed by atoms with van der Waals surface area (Å²) in [6.45, 7) is 0. The van der Waals surface area contributed by atoms with Crippen molar-refractivity contribution >= 4 is 24.6 Å². The topological polar surface area (TPSA) is 90.9 Å². The summed E-state index contributed by atoms with van der Waals surface area (Å²) in [7, 11) is -0.853. The van der Waals surface area contributed by atoms with Crippen LogP contribution in [0.2, 0.25) is 0 Å². The standard InChI is InChI=1S/C20H24NO6P/c1-25-19(22)14-13-18(20(23)26-2)21-15-28(24,17-11-7-4-8-12-17)27-16-9-5-3-6-10-16/h3-12,18,21H,13-15H2,1-2H3. The monoisotopic (exact) mass is 405 g/mol. The lowest BCUT2D eigenvalue weighted by atomic mass is 10.1. The first-order chi connectivity index (χ1) is 13.5. The summed E-state index contributed by atoms with van der Waals surface area (Å²) in [5, 5.41) is 3.46. The van der Waals surface area contributed by atoms with Crippen molar-refractivity contribution < 1.29 is 28.2 Å². The molecule has 150 valence electrons. The van der Waals surface area contributed by atoms with E-state index in [9.17, 15) is 14.2 Å². The van der Waals surface area contributed by atoms with Crippen molar-refractivity contribution in [1.82, 2.24) is 5.32 Å². The van der Waals surface area contributed by atoms with Gasteiger partial charge in [-0.15, -0.1) is 0 Å². The molecular formula is C20H24NO6P. The maximum Gasteiger partial charge on any atom is 0.322 e. The molecule has 2 aromatic carbocycles. The Bertz CT molecular complexity index is 812. The molecule has 0 bridgehead atoms. The number of esters is 2. The van der Waals surface area contributed by atoms with Gasteiger partial charge in [-0.25, -0.2) is 0 Å². The number of hydrogen-bond acceptors (Lipinski definition) is 7. The van der Waals surface area contributed by atoms with Gasteiger partial charge in [0.1, 0.15) is 11.8 Å². The largest absolute Gasteiger partial charge is 0.469 e. The van der Waals surface area contributed by atoms with Gasteiger partial charge in [-0.3, -0.25) is 19.5 Å². The number of benzene rings is 2. The SMILES string of the molecule is COC(=O)CCC(NCP(=O)(Oc1ccccc1)c1ccccc1)C(=O)OC. The van der Waals surface area contributed by atoms with Crippen molar-refractivity contribution in [3.63, 3.8) is 0 Å². The summed E-state index contributed by atoms with van der Waals surface area (Å²) in [5.41, 5.74) is 0. The van der Waals surface area contributed by atoms with Crippen LogP contribution in [-0.2, 0) is 23.6 Å². The summed E-state index contributed by atoms with van der Waals surface area (Å²) in [4.78, 5) is 23.5. The van der Waals surface area contributed by atoms with Crippen LogP contribution in [-0.4, -0.2) is 38.5 Å². The zero-order valence-corrected chi connectivity index (χ0v) is 16.8. The second kappa shape index (κ2) is 10.6. The summed E-state index contributed by atoms with van der Waals surface area (Å²) in [5.74, 6) is -0.536. The predicted molar refractivity (Wildman–Crippen MR) is 106 cm³/mol. The van der Waals surface area contributed by atoms with Gasteiger partial charge in [-0.1, -0.05) is 36.4 Å². The lowest BCUT2D eigenvalue weighted by Crippen LogP contribution is -2.40. The van der Waals surface area contributed by atoms with E-state index in [1.165, 1.54) is 14.2 Å². The third-order valence-corrected chi connectivity index (χ3v) is 6.23. The number of methoxy groups -OCH3 is 2. The van der Waals surface area contributed by atoms with E-state index in [0.717, 1.165) is 0 Å². The fraction of sp³-hybridized carbons (Fsp3) is 0.300. The van der Waals surface area contributed by atoms with Gasteiger partial charge < -0.3 is 14.0 Å². The average molecular weight is 405 g/mol. The third kappa shape index (κ3) is 6.22. The van der Waals surface area contributed by atoms with Crippen LogP contribution in [0.5, 0.6) is 5.75 Å². The Hall–Kier alpha value is -2.63. The minimum Gasteiger partial charge on any atom is -0.469 e. The third-order valence-electron chi connectivity index (χ3n) is 4.04. The molecule has 0 amide bonds. The highest BCUT2D eigenvalue weighted by atomic mass is 31.2. The second-order valence-electron chi connectivity index (χ2n) is 5.97. The van der Waals surface area contributed by atoms with Gasteiger partial charge in [0.25, 0.3) is 7.37 Å². The molecule has 0 saturated heterocycles. The molecule has 2 unspecified atom stereocenters. The average Bonchev–Trinajstić information content (AvgIpc) is 2.74. The number of hydrogen-bond donors (Lipinski definition) is 1. The molecule has 1 N–H and O–H groups in total. The number of ether oxygens (including phenoxy) is 2. The minimum atomic E-state index is -3.39. The van der Waals surface area contributed by atoms with Crippen LogP contribution in [0.25, 0.3) is 0 Å². The lowest BCUT2D eigenvalue weighted by molar-refractivity contribution is -0.144. The Morgan fingerprint density at radius 2 is 1.57 bits per heavy atom. The van der Waals surface area contributed by atoms with Crippen LogP contribution in [0, 0.1) is 0 Å². The second-order valence-corrected chi connectivity index (χ2v) is 8.33. The summed E-state index contributed by atoms with van der Waals surface area (Å²) >= 11 is 0. The number of para-hydroxylation sites is 1. The van der Waals surface area contributed by atoms with E-state index in [4.69, 9.17) is 9.26 Å². The van der Waals surface area contributed by atoms with E-state index in [-0.39, 0.29) is 19.1 Å². The number of rotatable bonds is 10. The number of carbonyl (C=O) groups is 2. The van der Waals surface area contributed by atoms with Crippen LogP contribution in [0.15, 0.2) is 60.7 Å². The molecule has 0 aliphatic rings.